The summed E-state index contributed by atoms with van der Waals surface area (Å²) in [7, 11) is 0. The summed E-state index contributed by atoms with van der Waals surface area (Å²) in [6.07, 6.45) is 5.64. The number of fused-ring (bicyclic) bond motifs is 2. The average molecular weight is 404 g/mol. The van der Waals surface area contributed by atoms with Crippen LogP contribution in [0.25, 0.3) is 0 Å². The van der Waals surface area contributed by atoms with Crippen LogP contribution in [0.15, 0.2) is 42.5 Å². The molecule has 5 rings (SSSR count). The molecule has 2 aromatic carbocycles. The van der Waals surface area contributed by atoms with Gasteiger partial charge >= 0.3 is 0 Å². The highest BCUT2D eigenvalue weighted by Crippen LogP contribution is 2.33. The summed E-state index contributed by atoms with van der Waals surface area (Å²) in [4.78, 5) is 40.2. The number of hydrogen-bond donors (Lipinski definition) is 1. The molecule has 1 unspecified atom stereocenters. The lowest BCUT2D eigenvalue weighted by Crippen LogP contribution is -2.40. The molecule has 154 valence electrons. The molecule has 3 amide bonds. The van der Waals surface area contributed by atoms with Crippen molar-refractivity contribution >= 4 is 17.7 Å². The first kappa shape index (κ1) is 18.9. The SMILES string of the molecule is O=C(NC1CCOc2ccccc21)c1ccc2c(c1)C(=O)N(C1CCCCC1)C2=O. The van der Waals surface area contributed by atoms with Gasteiger partial charge in [0.1, 0.15) is 5.75 Å². The largest absolute Gasteiger partial charge is 0.493 e. The topological polar surface area (TPSA) is 75.7 Å². The lowest BCUT2D eigenvalue weighted by Gasteiger charge is -2.29. The molecule has 2 aliphatic heterocycles. The summed E-state index contributed by atoms with van der Waals surface area (Å²) in [5, 5.41) is 3.05. The third kappa shape index (κ3) is 3.16. The van der Waals surface area contributed by atoms with E-state index >= 15 is 0 Å². The van der Waals surface area contributed by atoms with Crippen molar-refractivity contribution in [2.24, 2.45) is 0 Å². The normalized spacial score (nSPS) is 21.1. The maximum absolute atomic E-state index is 13.0. The number of amides is 3. The monoisotopic (exact) mass is 404 g/mol. The molecule has 1 fully saturated rings. The van der Waals surface area contributed by atoms with Gasteiger partial charge in [-0.2, -0.15) is 0 Å². The first-order valence-electron chi connectivity index (χ1n) is 10.7. The number of nitrogens with one attached hydrogen (secondary N) is 1. The Labute approximate surface area is 175 Å². The Bertz CT molecular complexity index is 1030. The second-order valence-corrected chi connectivity index (χ2v) is 8.23. The number of nitrogens with zero attached hydrogens (tertiary/aromatic N) is 1. The highest BCUT2D eigenvalue weighted by molar-refractivity contribution is 6.22. The Hall–Kier alpha value is -3.15. The summed E-state index contributed by atoms with van der Waals surface area (Å²) < 4.78 is 5.66. The first-order valence-corrected chi connectivity index (χ1v) is 10.7. The molecule has 30 heavy (non-hydrogen) atoms. The molecule has 0 radical (unpaired) electrons. The molecule has 3 aliphatic rings. The molecule has 1 atom stereocenters. The van der Waals surface area contributed by atoms with E-state index in [4.69, 9.17) is 4.74 Å². The van der Waals surface area contributed by atoms with Gasteiger partial charge < -0.3 is 10.1 Å². The fourth-order valence-corrected chi connectivity index (χ4v) is 4.81. The predicted octanol–water partition coefficient (Wildman–Crippen LogP) is 3.87. The number of rotatable bonds is 3. The summed E-state index contributed by atoms with van der Waals surface area (Å²) in [6.45, 7) is 0.537. The van der Waals surface area contributed by atoms with Gasteiger partial charge in [0.15, 0.2) is 0 Å². The second-order valence-electron chi connectivity index (χ2n) is 8.23. The molecule has 6 nitrogen and oxygen atoms in total. The van der Waals surface area contributed by atoms with Crippen LogP contribution in [0.3, 0.4) is 0 Å². The third-order valence-electron chi connectivity index (χ3n) is 6.38. The van der Waals surface area contributed by atoms with Crippen molar-refractivity contribution in [1.82, 2.24) is 10.2 Å². The van der Waals surface area contributed by atoms with E-state index < -0.39 is 0 Å². The molecular weight excluding hydrogens is 380 g/mol. The van der Waals surface area contributed by atoms with E-state index in [-0.39, 0.29) is 29.8 Å². The molecule has 1 N–H and O–H groups in total. The summed E-state index contributed by atoms with van der Waals surface area (Å²) >= 11 is 0. The molecule has 2 aromatic rings. The highest BCUT2D eigenvalue weighted by atomic mass is 16.5. The standard InChI is InChI=1S/C24H24N2O4/c27-22(25-20-12-13-30-21-9-5-4-8-18(20)21)15-10-11-17-19(14-15)24(29)26(23(17)28)16-6-2-1-3-7-16/h4-5,8-11,14,16,20H,1-3,6-7,12-13H2,(H,25,27). The minimum Gasteiger partial charge on any atom is -0.493 e. The van der Waals surface area contributed by atoms with E-state index in [1.165, 1.54) is 4.90 Å². The van der Waals surface area contributed by atoms with Gasteiger partial charge in [-0.15, -0.1) is 0 Å². The quantitative estimate of drug-likeness (QED) is 0.788. The number of carbonyl (C=O) groups is 3. The number of benzene rings is 2. The van der Waals surface area contributed by atoms with Gasteiger partial charge in [-0.25, -0.2) is 0 Å². The summed E-state index contributed by atoms with van der Waals surface area (Å²) in [5.41, 5.74) is 2.08. The molecule has 0 aromatic heterocycles. The molecule has 1 saturated carbocycles. The molecular formula is C24H24N2O4. The molecule has 2 heterocycles. The van der Waals surface area contributed by atoms with Gasteiger partial charge in [0.05, 0.1) is 23.8 Å². The van der Waals surface area contributed by atoms with E-state index in [2.05, 4.69) is 5.32 Å². The number of para-hydroxylation sites is 1. The Morgan fingerprint density at radius 1 is 0.933 bits per heavy atom. The minimum atomic E-state index is -0.270. The number of imide groups is 1. The van der Waals surface area contributed by atoms with Crippen LogP contribution in [-0.4, -0.2) is 35.3 Å². The fourth-order valence-electron chi connectivity index (χ4n) is 4.81. The van der Waals surface area contributed by atoms with Gasteiger partial charge in [-0.05, 0) is 37.1 Å². The molecule has 0 spiro atoms. The van der Waals surface area contributed by atoms with Crippen LogP contribution in [0.1, 0.15) is 81.2 Å². The number of carbonyl (C=O) groups excluding carboxylic acids is 3. The van der Waals surface area contributed by atoms with Gasteiger partial charge in [0, 0.05) is 23.6 Å². The number of ether oxygens (including phenoxy) is 1. The van der Waals surface area contributed by atoms with Crippen molar-refractivity contribution in [2.45, 2.75) is 50.6 Å². The highest BCUT2D eigenvalue weighted by Gasteiger charge is 2.40. The molecule has 1 aliphatic carbocycles. The van der Waals surface area contributed by atoms with E-state index in [0.29, 0.717) is 29.7 Å². The van der Waals surface area contributed by atoms with E-state index in [0.717, 1.165) is 43.4 Å². The van der Waals surface area contributed by atoms with Crippen LogP contribution in [0.2, 0.25) is 0 Å². The fraction of sp³-hybridized carbons (Fsp3) is 0.375. The predicted molar refractivity (Wildman–Crippen MR) is 111 cm³/mol. The smallest absolute Gasteiger partial charge is 0.261 e. The Kier molecular flexibility index (Phi) is 4.77. The van der Waals surface area contributed by atoms with E-state index in [1.54, 1.807) is 18.2 Å². The second kappa shape index (κ2) is 7.59. The van der Waals surface area contributed by atoms with Gasteiger partial charge in [0.25, 0.3) is 17.7 Å². The van der Waals surface area contributed by atoms with Crippen LogP contribution in [-0.2, 0) is 0 Å². The Morgan fingerprint density at radius 3 is 2.53 bits per heavy atom. The summed E-state index contributed by atoms with van der Waals surface area (Å²) in [5.74, 6) is 0.0305. The van der Waals surface area contributed by atoms with Crippen molar-refractivity contribution in [1.29, 1.82) is 0 Å². The van der Waals surface area contributed by atoms with Gasteiger partial charge in [0.2, 0.25) is 0 Å². The van der Waals surface area contributed by atoms with Crippen LogP contribution in [0, 0.1) is 0 Å². The van der Waals surface area contributed by atoms with Crippen LogP contribution in [0.4, 0.5) is 0 Å². The Balaban J connectivity index is 1.37. The van der Waals surface area contributed by atoms with Crippen molar-refractivity contribution < 1.29 is 19.1 Å². The van der Waals surface area contributed by atoms with Crippen LogP contribution >= 0.6 is 0 Å². The van der Waals surface area contributed by atoms with Gasteiger partial charge in [-0.1, -0.05) is 37.5 Å². The molecule has 0 saturated heterocycles. The lowest BCUT2D eigenvalue weighted by molar-refractivity contribution is 0.0548. The molecule has 0 bridgehead atoms. The summed E-state index contributed by atoms with van der Waals surface area (Å²) in [6, 6.07) is 12.3. The van der Waals surface area contributed by atoms with Crippen molar-refractivity contribution in [3.63, 3.8) is 0 Å². The average Bonchev–Trinajstić information content (AvgIpc) is 3.04. The zero-order chi connectivity index (χ0) is 20.7. The zero-order valence-electron chi connectivity index (χ0n) is 16.7. The number of hydrogen-bond acceptors (Lipinski definition) is 4. The van der Waals surface area contributed by atoms with Crippen LogP contribution < -0.4 is 10.1 Å². The van der Waals surface area contributed by atoms with Crippen molar-refractivity contribution in [3.8, 4) is 5.75 Å². The Morgan fingerprint density at radius 2 is 1.70 bits per heavy atom. The van der Waals surface area contributed by atoms with Gasteiger partial charge in [-0.3, -0.25) is 19.3 Å². The van der Waals surface area contributed by atoms with Crippen molar-refractivity contribution in [2.75, 3.05) is 6.61 Å². The first-order chi connectivity index (χ1) is 14.6. The third-order valence-corrected chi connectivity index (χ3v) is 6.38. The minimum absolute atomic E-state index is 0.0258. The van der Waals surface area contributed by atoms with Crippen molar-refractivity contribution in [3.05, 3.63) is 64.7 Å². The zero-order valence-corrected chi connectivity index (χ0v) is 16.7. The maximum Gasteiger partial charge on any atom is 0.261 e. The maximum atomic E-state index is 13.0. The van der Waals surface area contributed by atoms with E-state index in [9.17, 15) is 14.4 Å². The van der Waals surface area contributed by atoms with Crippen LogP contribution in [0.5, 0.6) is 5.75 Å². The molecule has 6 heteroatoms. The van der Waals surface area contributed by atoms with E-state index in [1.807, 2.05) is 24.3 Å². The lowest BCUT2D eigenvalue weighted by atomic mass is 9.94.